The number of halogens is 1. The number of benzene rings is 3. The van der Waals surface area contributed by atoms with Crippen molar-refractivity contribution in [3.63, 3.8) is 0 Å². The molecule has 1 fully saturated rings. The van der Waals surface area contributed by atoms with Crippen molar-refractivity contribution in [2.45, 2.75) is 25.9 Å². The summed E-state index contributed by atoms with van der Waals surface area (Å²) in [6, 6.07) is 17.6. The lowest BCUT2D eigenvalue weighted by molar-refractivity contribution is 0.0594. The quantitative estimate of drug-likeness (QED) is 0.352. The fourth-order valence-corrected chi connectivity index (χ4v) is 5.35. The van der Waals surface area contributed by atoms with Gasteiger partial charge in [0.2, 0.25) is 0 Å². The minimum Gasteiger partial charge on any atom is -0.493 e. The summed E-state index contributed by atoms with van der Waals surface area (Å²) in [5.41, 5.74) is 1.42. The SMILES string of the molecule is CCOc1ccc2ccccc2c1C(=O)N1CCC(Oc2nc3c(Cl)cccc3s2)CC1. The Morgan fingerprint density at radius 1 is 1.12 bits per heavy atom. The van der Waals surface area contributed by atoms with Gasteiger partial charge in [-0.05, 0) is 35.9 Å². The third-order valence-electron chi connectivity index (χ3n) is 5.75. The average molecular weight is 467 g/mol. The van der Waals surface area contributed by atoms with Crippen LogP contribution in [0.1, 0.15) is 30.1 Å². The molecular weight excluding hydrogens is 444 g/mol. The first kappa shape index (κ1) is 21.0. The zero-order valence-electron chi connectivity index (χ0n) is 17.7. The number of carbonyl (C=O) groups is 1. The van der Waals surface area contributed by atoms with Crippen molar-refractivity contribution in [1.29, 1.82) is 0 Å². The summed E-state index contributed by atoms with van der Waals surface area (Å²) in [6.45, 7) is 3.70. The van der Waals surface area contributed by atoms with Gasteiger partial charge in [-0.25, -0.2) is 4.98 Å². The fourth-order valence-electron chi connectivity index (χ4n) is 4.17. The van der Waals surface area contributed by atoms with Crippen molar-refractivity contribution in [3.05, 3.63) is 65.2 Å². The van der Waals surface area contributed by atoms with Crippen molar-refractivity contribution >= 4 is 49.8 Å². The van der Waals surface area contributed by atoms with E-state index in [1.54, 1.807) is 0 Å². The molecule has 1 amide bonds. The van der Waals surface area contributed by atoms with Gasteiger partial charge < -0.3 is 14.4 Å². The lowest BCUT2D eigenvalue weighted by atomic mass is 10.0. The molecule has 32 heavy (non-hydrogen) atoms. The number of hydrogen-bond acceptors (Lipinski definition) is 5. The molecule has 4 aromatic rings. The highest BCUT2D eigenvalue weighted by Crippen LogP contribution is 2.34. The van der Waals surface area contributed by atoms with Gasteiger partial charge in [-0.2, -0.15) is 0 Å². The number of likely N-dealkylation sites (tertiary alicyclic amines) is 1. The average Bonchev–Trinajstić information content (AvgIpc) is 3.23. The van der Waals surface area contributed by atoms with Crippen molar-refractivity contribution in [2.24, 2.45) is 0 Å². The summed E-state index contributed by atoms with van der Waals surface area (Å²) in [6.07, 6.45) is 1.53. The van der Waals surface area contributed by atoms with E-state index in [0.29, 0.717) is 41.2 Å². The number of thiazole rings is 1. The minimum atomic E-state index is 0.00969. The molecule has 0 radical (unpaired) electrons. The molecule has 1 aliphatic heterocycles. The predicted octanol–water partition coefficient (Wildman–Crippen LogP) is 6.19. The van der Waals surface area contributed by atoms with Crippen molar-refractivity contribution in [3.8, 4) is 10.9 Å². The molecule has 1 aromatic heterocycles. The van der Waals surface area contributed by atoms with Crippen LogP contribution in [0.25, 0.3) is 21.0 Å². The molecule has 1 saturated heterocycles. The summed E-state index contributed by atoms with van der Waals surface area (Å²) in [4.78, 5) is 20.0. The number of para-hydroxylation sites is 1. The Morgan fingerprint density at radius 2 is 1.94 bits per heavy atom. The highest BCUT2D eigenvalue weighted by atomic mass is 35.5. The molecule has 0 spiro atoms. The van der Waals surface area contributed by atoms with Crippen LogP contribution >= 0.6 is 22.9 Å². The van der Waals surface area contributed by atoms with Crippen LogP contribution in [0.4, 0.5) is 0 Å². The number of amides is 1. The second-order valence-corrected chi connectivity index (χ2v) is 9.17. The van der Waals surface area contributed by atoms with Crippen molar-refractivity contribution in [1.82, 2.24) is 9.88 Å². The van der Waals surface area contributed by atoms with Crippen LogP contribution in [0.3, 0.4) is 0 Å². The van der Waals surface area contributed by atoms with E-state index >= 15 is 0 Å². The van der Waals surface area contributed by atoms with E-state index in [1.165, 1.54) is 11.3 Å². The van der Waals surface area contributed by atoms with E-state index in [0.717, 1.165) is 33.8 Å². The highest BCUT2D eigenvalue weighted by molar-refractivity contribution is 7.20. The molecule has 0 N–H and O–H groups in total. The lowest BCUT2D eigenvalue weighted by Gasteiger charge is -2.32. The molecule has 5 rings (SSSR count). The fraction of sp³-hybridized carbons (Fsp3) is 0.280. The van der Waals surface area contributed by atoms with Crippen LogP contribution in [0, 0.1) is 0 Å². The van der Waals surface area contributed by atoms with Crippen LogP contribution in [-0.4, -0.2) is 41.6 Å². The summed E-state index contributed by atoms with van der Waals surface area (Å²) >= 11 is 7.74. The van der Waals surface area contributed by atoms with Crippen LogP contribution in [0.15, 0.2) is 54.6 Å². The van der Waals surface area contributed by atoms with Crippen LogP contribution in [0.2, 0.25) is 5.02 Å². The van der Waals surface area contributed by atoms with Gasteiger partial charge in [-0.1, -0.05) is 59.3 Å². The normalized spacial score (nSPS) is 14.8. The van der Waals surface area contributed by atoms with Crippen molar-refractivity contribution < 1.29 is 14.3 Å². The number of carbonyl (C=O) groups excluding carboxylic acids is 1. The Bertz CT molecular complexity index is 1280. The first-order chi connectivity index (χ1) is 15.6. The molecule has 0 atom stereocenters. The third-order valence-corrected chi connectivity index (χ3v) is 6.97. The van der Waals surface area contributed by atoms with Gasteiger partial charge in [-0.15, -0.1) is 0 Å². The molecule has 164 valence electrons. The summed E-state index contributed by atoms with van der Waals surface area (Å²) in [5.74, 6) is 0.649. The predicted molar refractivity (Wildman–Crippen MR) is 129 cm³/mol. The molecule has 0 unspecified atom stereocenters. The zero-order chi connectivity index (χ0) is 22.1. The largest absolute Gasteiger partial charge is 0.493 e. The minimum absolute atomic E-state index is 0.00969. The van der Waals surface area contributed by atoms with Gasteiger partial charge in [0.05, 0.1) is 21.9 Å². The first-order valence-corrected chi connectivity index (χ1v) is 12.0. The van der Waals surface area contributed by atoms with Gasteiger partial charge in [0.25, 0.3) is 11.1 Å². The Hall–Kier alpha value is -2.83. The smallest absolute Gasteiger partial charge is 0.274 e. The van der Waals surface area contributed by atoms with Crippen LogP contribution in [-0.2, 0) is 0 Å². The van der Waals surface area contributed by atoms with E-state index < -0.39 is 0 Å². The van der Waals surface area contributed by atoms with Gasteiger partial charge in [0.15, 0.2) is 0 Å². The van der Waals surface area contributed by atoms with E-state index in [9.17, 15) is 4.79 Å². The molecule has 2 heterocycles. The maximum atomic E-state index is 13.5. The maximum Gasteiger partial charge on any atom is 0.274 e. The van der Waals surface area contributed by atoms with E-state index in [2.05, 4.69) is 4.98 Å². The molecule has 0 bridgehead atoms. The Balaban J connectivity index is 1.31. The number of ether oxygens (including phenoxy) is 2. The monoisotopic (exact) mass is 466 g/mol. The third kappa shape index (κ3) is 4.00. The van der Waals surface area contributed by atoms with Gasteiger partial charge in [0.1, 0.15) is 17.4 Å². The Morgan fingerprint density at radius 3 is 2.72 bits per heavy atom. The second kappa shape index (κ2) is 8.96. The van der Waals surface area contributed by atoms with Crippen molar-refractivity contribution in [2.75, 3.05) is 19.7 Å². The number of rotatable bonds is 5. The topological polar surface area (TPSA) is 51.7 Å². The standard InChI is InChI=1S/C25H23ClN2O3S/c1-2-30-20-11-10-16-6-3-4-7-18(16)22(20)24(29)28-14-12-17(13-15-28)31-25-27-23-19(26)8-5-9-21(23)32-25/h3-11,17H,2,12-15H2,1H3. The number of piperidine rings is 1. The summed E-state index contributed by atoms with van der Waals surface area (Å²) < 4.78 is 13.0. The number of fused-ring (bicyclic) bond motifs is 2. The zero-order valence-corrected chi connectivity index (χ0v) is 19.3. The van der Waals surface area contributed by atoms with E-state index in [1.807, 2.05) is 66.4 Å². The molecule has 7 heteroatoms. The van der Waals surface area contributed by atoms with Gasteiger partial charge >= 0.3 is 0 Å². The van der Waals surface area contributed by atoms with Gasteiger partial charge in [0, 0.05) is 25.9 Å². The van der Waals surface area contributed by atoms with E-state index in [-0.39, 0.29) is 12.0 Å². The lowest BCUT2D eigenvalue weighted by Crippen LogP contribution is -2.42. The number of aromatic nitrogens is 1. The molecule has 3 aromatic carbocycles. The number of nitrogens with zero attached hydrogens (tertiary/aromatic N) is 2. The van der Waals surface area contributed by atoms with Gasteiger partial charge in [-0.3, -0.25) is 4.79 Å². The number of hydrogen-bond donors (Lipinski definition) is 0. The molecule has 5 nitrogen and oxygen atoms in total. The summed E-state index contributed by atoms with van der Waals surface area (Å²) in [5, 5.41) is 3.22. The highest BCUT2D eigenvalue weighted by Gasteiger charge is 2.28. The van der Waals surface area contributed by atoms with Crippen LogP contribution in [0.5, 0.6) is 10.9 Å². The Labute approximate surface area is 195 Å². The molecule has 0 saturated carbocycles. The first-order valence-electron chi connectivity index (χ1n) is 10.8. The molecular formula is C25H23ClN2O3S. The summed E-state index contributed by atoms with van der Waals surface area (Å²) in [7, 11) is 0. The molecule has 1 aliphatic rings. The second-order valence-electron chi connectivity index (χ2n) is 7.77. The Kier molecular flexibility index (Phi) is 5.89. The van der Waals surface area contributed by atoms with Crippen LogP contribution < -0.4 is 9.47 Å². The maximum absolute atomic E-state index is 13.5. The van der Waals surface area contributed by atoms with E-state index in [4.69, 9.17) is 21.1 Å². The molecule has 0 aliphatic carbocycles.